The lowest BCUT2D eigenvalue weighted by Crippen LogP contribution is -2.12. The molecule has 2 heterocycles. The van der Waals surface area contributed by atoms with Crippen molar-refractivity contribution in [1.29, 1.82) is 0 Å². The van der Waals surface area contributed by atoms with E-state index in [0.717, 1.165) is 28.2 Å². The van der Waals surface area contributed by atoms with Gasteiger partial charge in [0, 0.05) is 11.1 Å². The zero-order valence-corrected chi connectivity index (χ0v) is 17.0. The third-order valence-corrected chi connectivity index (χ3v) is 7.12. The first kappa shape index (κ1) is 19.1. The maximum absolute atomic E-state index is 12.5. The Morgan fingerprint density at radius 2 is 1.45 bits per heavy atom. The Morgan fingerprint density at radius 1 is 0.793 bits per heavy atom. The van der Waals surface area contributed by atoms with Gasteiger partial charge in [-0.25, -0.2) is 0 Å². The summed E-state index contributed by atoms with van der Waals surface area (Å²) in [5.41, 5.74) is 1.25. The molecule has 0 saturated heterocycles. The van der Waals surface area contributed by atoms with Gasteiger partial charge in [-0.15, -0.1) is 20.4 Å². The van der Waals surface area contributed by atoms with Gasteiger partial charge < -0.3 is 0 Å². The average molecular weight is 445 g/mol. The molecule has 29 heavy (non-hydrogen) atoms. The van der Waals surface area contributed by atoms with Crippen LogP contribution in [0.4, 0.5) is 10.3 Å². The first-order chi connectivity index (χ1) is 14.0. The van der Waals surface area contributed by atoms with Gasteiger partial charge in [0.2, 0.25) is 10.3 Å². The predicted molar refractivity (Wildman–Crippen MR) is 110 cm³/mol. The second-order valence-electron chi connectivity index (χ2n) is 5.58. The van der Waals surface area contributed by atoms with Gasteiger partial charge in [-0.3, -0.25) is 14.8 Å². The molecular formula is C17H12N6O3S3. The number of rotatable bonds is 6. The normalized spacial score (nSPS) is 11.2. The number of amides is 1. The molecule has 146 valence electrons. The number of hydrogen-bond acceptors (Lipinski definition) is 9. The highest BCUT2D eigenvalue weighted by atomic mass is 32.2. The molecule has 0 spiro atoms. The lowest BCUT2D eigenvalue weighted by atomic mass is 10.2. The van der Waals surface area contributed by atoms with E-state index in [-0.39, 0.29) is 14.6 Å². The number of sulfonamides is 1. The minimum absolute atomic E-state index is 0.0708. The Labute approximate surface area is 173 Å². The number of benzene rings is 2. The van der Waals surface area contributed by atoms with Crippen LogP contribution in [-0.2, 0) is 10.0 Å². The van der Waals surface area contributed by atoms with Crippen LogP contribution in [-0.4, -0.2) is 34.7 Å². The molecule has 9 nitrogen and oxygen atoms in total. The highest BCUT2D eigenvalue weighted by Crippen LogP contribution is 2.28. The summed E-state index contributed by atoms with van der Waals surface area (Å²) < 4.78 is 27.1. The SMILES string of the molecule is O=C(Nc1nnc(S(=O)(=O)Nc2nnc(-c3ccccc3)s2)s1)c1ccccc1. The topological polar surface area (TPSA) is 127 Å². The minimum Gasteiger partial charge on any atom is -0.296 e. The first-order valence-electron chi connectivity index (χ1n) is 8.13. The summed E-state index contributed by atoms with van der Waals surface area (Å²) in [4.78, 5) is 12.1. The molecule has 2 N–H and O–H groups in total. The van der Waals surface area contributed by atoms with Crippen LogP contribution < -0.4 is 10.0 Å². The Balaban J connectivity index is 1.47. The maximum atomic E-state index is 12.5. The second-order valence-corrected chi connectivity index (χ2v) is 9.39. The number of carbonyl (C=O) groups is 1. The fourth-order valence-electron chi connectivity index (χ4n) is 2.25. The van der Waals surface area contributed by atoms with Crippen molar-refractivity contribution in [2.45, 2.75) is 4.34 Å². The highest BCUT2D eigenvalue weighted by Gasteiger charge is 2.23. The number of nitrogens with one attached hydrogen (secondary N) is 2. The van der Waals surface area contributed by atoms with E-state index < -0.39 is 15.9 Å². The number of nitrogens with zero attached hydrogens (tertiary/aromatic N) is 4. The number of carbonyl (C=O) groups excluding carboxylic acids is 1. The molecule has 2 aromatic carbocycles. The van der Waals surface area contributed by atoms with Crippen LogP contribution >= 0.6 is 22.7 Å². The molecule has 0 unspecified atom stereocenters. The van der Waals surface area contributed by atoms with Crippen LogP contribution in [0.1, 0.15) is 10.4 Å². The average Bonchev–Trinajstić information content (AvgIpc) is 3.39. The third kappa shape index (κ3) is 4.45. The van der Waals surface area contributed by atoms with Crippen LogP contribution in [0.5, 0.6) is 0 Å². The van der Waals surface area contributed by atoms with Crippen molar-refractivity contribution in [2.24, 2.45) is 0 Å². The molecule has 12 heteroatoms. The van der Waals surface area contributed by atoms with Gasteiger partial charge in [0.15, 0.2) is 0 Å². The van der Waals surface area contributed by atoms with Gasteiger partial charge >= 0.3 is 0 Å². The molecular weight excluding hydrogens is 432 g/mol. The van der Waals surface area contributed by atoms with Crippen molar-refractivity contribution in [3.05, 3.63) is 66.2 Å². The van der Waals surface area contributed by atoms with Gasteiger partial charge in [-0.1, -0.05) is 71.2 Å². The van der Waals surface area contributed by atoms with E-state index in [9.17, 15) is 13.2 Å². The zero-order chi connectivity index (χ0) is 20.3. The van der Waals surface area contributed by atoms with E-state index in [1.54, 1.807) is 30.3 Å². The van der Waals surface area contributed by atoms with E-state index >= 15 is 0 Å². The van der Waals surface area contributed by atoms with Gasteiger partial charge in [-0.2, -0.15) is 8.42 Å². The van der Waals surface area contributed by atoms with Gasteiger partial charge in [0.1, 0.15) is 5.01 Å². The molecule has 1 amide bonds. The molecule has 0 atom stereocenters. The van der Waals surface area contributed by atoms with Crippen LogP contribution in [0, 0.1) is 0 Å². The molecule has 2 aromatic heterocycles. The van der Waals surface area contributed by atoms with Gasteiger partial charge in [-0.05, 0) is 12.1 Å². The fraction of sp³-hybridized carbons (Fsp3) is 0. The quantitative estimate of drug-likeness (QED) is 0.437. The van der Waals surface area contributed by atoms with Crippen molar-refractivity contribution in [3.63, 3.8) is 0 Å². The Bertz CT molecular complexity index is 1240. The molecule has 0 bridgehead atoms. The molecule has 4 aromatic rings. The van der Waals surface area contributed by atoms with E-state index in [0.29, 0.717) is 10.6 Å². The summed E-state index contributed by atoms with van der Waals surface area (Å²) in [6.07, 6.45) is 0. The third-order valence-electron chi connectivity index (χ3n) is 3.56. The number of anilines is 2. The molecule has 0 aliphatic carbocycles. The Morgan fingerprint density at radius 3 is 2.17 bits per heavy atom. The molecule has 0 aliphatic heterocycles. The largest absolute Gasteiger partial charge is 0.296 e. The zero-order valence-electron chi connectivity index (χ0n) is 14.5. The van der Waals surface area contributed by atoms with Crippen LogP contribution in [0.2, 0.25) is 0 Å². The predicted octanol–water partition coefficient (Wildman–Crippen LogP) is 3.11. The van der Waals surface area contributed by atoms with Crippen molar-refractivity contribution >= 4 is 48.9 Å². The van der Waals surface area contributed by atoms with Crippen molar-refractivity contribution in [1.82, 2.24) is 20.4 Å². The van der Waals surface area contributed by atoms with Crippen LogP contribution in [0.3, 0.4) is 0 Å². The second kappa shape index (κ2) is 8.03. The van der Waals surface area contributed by atoms with Crippen molar-refractivity contribution in [2.75, 3.05) is 10.0 Å². The van der Waals surface area contributed by atoms with E-state index in [4.69, 9.17) is 0 Å². The summed E-state index contributed by atoms with van der Waals surface area (Å²) in [6, 6.07) is 17.8. The van der Waals surface area contributed by atoms with Crippen molar-refractivity contribution < 1.29 is 13.2 Å². The van der Waals surface area contributed by atoms with Gasteiger partial charge in [0.05, 0.1) is 0 Å². The molecule has 0 fully saturated rings. The Kier molecular flexibility index (Phi) is 5.29. The summed E-state index contributed by atoms with van der Waals surface area (Å²) in [5, 5.41) is 18.5. The molecule has 0 radical (unpaired) electrons. The summed E-state index contributed by atoms with van der Waals surface area (Å²) in [6.45, 7) is 0. The lowest BCUT2D eigenvalue weighted by molar-refractivity contribution is 0.102. The summed E-state index contributed by atoms with van der Waals surface area (Å²) in [5.74, 6) is -0.407. The summed E-state index contributed by atoms with van der Waals surface area (Å²) >= 11 is 1.83. The van der Waals surface area contributed by atoms with Gasteiger partial charge in [0.25, 0.3) is 20.3 Å². The number of hydrogen-bond donors (Lipinski definition) is 2. The highest BCUT2D eigenvalue weighted by molar-refractivity contribution is 7.94. The Hall–Kier alpha value is -3.22. The number of aromatic nitrogens is 4. The molecule has 4 rings (SSSR count). The standard InChI is InChI=1S/C17H12N6O3S3/c24-13(11-7-3-1-4-8-11)18-15-20-22-17(28-15)29(25,26)23-16-21-19-14(27-16)12-9-5-2-6-10-12/h1-10H,(H,21,23)(H,18,20,24). The van der Waals surface area contributed by atoms with E-state index in [2.05, 4.69) is 30.4 Å². The lowest BCUT2D eigenvalue weighted by Gasteiger charge is -2.00. The minimum atomic E-state index is -4.01. The van der Waals surface area contributed by atoms with Crippen LogP contribution in [0.15, 0.2) is 65.0 Å². The summed E-state index contributed by atoms with van der Waals surface area (Å²) in [7, 11) is -4.01. The van der Waals surface area contributed by atoms with Crippen LogP contribution in [0.25, 0.3) is 10.6 Å². The molecule has 0 aliphatic rings. The van der Waals surface area contributed by atoms with Crippen molar-refractivity contribution in [3.8, 4) is 10.6 Å². The smallest absolute Gasteiger partial charge is 0.293 e. The molecule has 0 saturated carbocycles. The monoisotopic (exact) mass is 444 g/mol. The van der Waals surface area contributed by atoms with E-state index in [1.807, 2.05) is 30.3 Å². The first-order valence-corrected chi connectivity index (χ1v) is 11.2. The maximum Gasteiger partial charge on any atom is 0.293 e. The fourth-order valence-corrected chi connectivity index (χ4v) is 5.12. The van der Waals surface area contributed by atoms with E-state index in [1.165, 1.54) is 0 Å².